The van der Waals surface area contributed by atoms with Gasteiger partial charge in [0.15, 0.2) is 5.16 Å². The number of aromatic carboxylic acids is 1. The van der Waals surface area contributed by atoms with Gasteiger partial charge in [0.05, 0.1) is 11.3 Å². The highest BCUT2D eigenvalue weighted by molar-refractivity contribution is 7.99. The molecule has 0 aromatic carbocycles. The molecule has 0 radical (unpaired) electrons. The van der Waals surface area contributed by atoms with Crippen LogP contribution in [0.25, 0.3) is 0 Å². The maximum absolute atomic E-state index is 11.3. The van der Waals surface area contributed by atoms with E-state index in [0.717, 1.165) is 17.8 Å². The van der Waals surface area contributed by atoms with Gasteiger partial charge in [0.25, 0.3) is 5.56 Å². The first-order valence-corrected chi connectivity index (χ1v) is 6.44. The average molecular weight is 292 g/mol. The molecule has 0 atom stereocenters. The first-order chi connectivity index (χ1) is 9.36. The molecule has 2 aromatic heterocycles. The number of rotatable bonds is 3. The molecule has 0 amide bonds. The van der Waals surface area contributed by atoms with E-state index in [4.69, 9.17) is 5.73 Å². The lowest BCUT2D eigenvalue weighted by Gasteiger charge is -2.09. The summed E-state index contributed by atoms with van der Waals surface area (Å²) in [6.45, 7) is 3.38. The number of carbonyl (C=O) groups is 1. The zero-order valence-electron chi connectivity index (χ0n) is 10.8. The van der Waals surface area contributed by atoms with Crippen LogP contribution < -0.4 is 11.3 Å². The summed E-state index contributed by atoms with van der Waals surface area (Å²) in [5.74, 6) is -1.00. The standard InChI is InChI=1S/C12H12N4O3S/c1-5-3-7(10(11(18)19)6(2)14-5)20-12-15-8(13)4-9(17)16-12/h3-4H,1-2H3,(H,18,19)(H3,13,15,16,17). The van der Waals surface area contributed by atoms with Crippen molar-refractivity contribution in [2.45, 2.75) is 23.9 Å². The molecule has 2 rings (SSSR count). The first-order valence-electron chi connectivity index (χ1n) is 5.63. The molecule has 8 heteroatoms. The summed E-state index contributed by atoms with van der Waals surface area (Å²) in [5, 5.41) is 9.49. The molecule has 0 fully saturated rings. The number of hydrogen-bond donors (Lipinski definition) is 3. The highest BCUT2D eigenvalue weighted by Crippen LogP contribution is 2.29. The van der Waals surface area contributed by atoms with E-state index in [2.05, 4.69) is 15.0 Å². The van der Waals surface area contributed by atoms with Crippen LogP contribution >= 0.6 is 11.8 Å². The Kier molecular flexibility index (Phi) is 3.75. The maximum atomic E-state index is 11.3. The van der Waals surface area contributed by atoms with Crippen molar-refractivity contribution in [3.63, 3.8) is 0 Å². The molecular formula is C12H12N4O3S. The van der Waals surface area contributed by atoms with Gasteiger partial charge in [0.1, 0.15) is 5.82 Å². The molecule has 4 N–H and O–H groups in total. The van der Waals surface area contributed by atoms with Gasteiger partial charge in [-0.15, -0.1) is 0 Å². The van der Waals surface area contributed by atoms with Crippen molar-refractivity contribution in [1.29, 1.82) is 0 Å². The number of aryl methyl sites for hydroxylation is 2. The van der Waals surface area contributed by atoms with Crippen molar-refractivity contribution in [2.75, 3.05) is 5.73 Å². The van der Waals surface area contributed by atoms with E-state index >= 15 is 0 Å². The second kappa shape index (κ2) is 5.33. The van der Waals surface area contributed by atoms with E-state index in [1.807, 2.05) is 0 Å². The number of pyridine rings is 1. The number of H-pyrrole nitrogens is 1. The minimum absolute atomic E-state index is 0.0793. The van der Waals surface area contributed by atoms with Gasteiger partial charge in [-0.05, 0) is 19.9 Å². The Hall–Kier alpha value is -2.35. The Labute approximate surface area is 118 Å². The van der Waals surface area contributed by atoms with Crippen molar-refractivity contribution < 1.29 is 9.90 Å². The quantitative estimate of drug-likeness (QED) is 0.727. The van der Waals surface area contributed by atoms with Crippen LogP contribution in [0.1, 0.15) is 21.7 Å². The van der Waals surface area contributed by atoms with Gasteiger partial charge >= 0.3 is 5.97 Å². The monoisotopic (exact) mass is 292 g/mol. The Balaban J connectivity index is 2.52. The molecule has 0 aliphatic rings. The van der Waals surface area contributed by atoms with Gasteiger partial charge in [-0.3, -0.25) is 9.78 Å². The minimum atomic E-state index is -1.08. The van der Waals surface area contributed by atoms with Crippen molar-refractivity contribution in [2.24, 2.45) is 0 Å². The number of nitrogens with one attached hydrogen (secondary N) is 1. The maximum Gasteiger partial charge on any atom is 0.338 e. The van der Waals surface area contributed by atoms with Crippen LogP contribution in [0, 0.1) is 13.8 Å². The van der Waals surface area contributed by atoms with Crippen LogP contribution in [-0.4, -0.2) is 26.0 Å². The molecule has 0 unspecified atom stereocenters. The zero-order valence-corrected chi connectivity index (χ0v) is 11.6. The van der Waals surface area contributed by atoms with Crippen LogP contribution in [0.15, 0.2) is 27.0 Å². The van der Waals surface area contributed by atoms with E-state index in [0.29, 0.717) is 16.3 Å². The second-order valence-corrected chi connectivity index (χ2v) is 5.14. The number of aromatic amines is 1. The summed E-state index contributed by atoms with van der Waals surface area (Å²) >= 11 is 1.03. The highest BCUT2D eigenvalue weighted by atomic mass is 32.2. The number of anilines is 1. The van der Waals surface area contributed by atoms with Crippen molar-refractivity contribution in [1.82, 2.24) is 15.0 Å². The van der Waals surface area contributed by atoms with Crippen molar-refractivity contribution in [3.05, 3.63) is 39.4 Å². The Morgan fingerprint density at radius 2 is 2.05 bits per heavy atom. The van der Waals surface area contributed by atoms with Crippen molar-refractivity contribution >= 4 is 23.5 Å². The lowest BCUT2D eigenvalue weighted by molar-refractivity contribution is 0.0691. The fourth-order valence-electron chi connectivity index (χ4n) is 1.74. The fourth-order valence-corrected chi connectivity index (χ4v) is 2.82. The third kappa shape index (κ3) is 2.97. The molecule has 0 aliphatic heterocycles. The molecule has 7 nitrogen and oxygen atoms in total. The van der Waals surface area contributed by atoms with Crippen LogP contribution in [0.5, 0.6) is 0 Å². The summed E-state index contributed by atoms with van der Waals surface area (Å²) in [4.78, 5) is 33.7. The minimum Gasteiger partial charge on any atom is -0.478 e. The number of nitrogen functional groups attached to an aromatic ring is 1. The fraction of sp³-hybridized carbons (Fsp3) is 0.167. The Morgan fingerprint density at radius 1 is 1.35 bits per heavy atom. The normalized spacial score (nSPS) is 10.5. The van der Waals surface area contributed by atoms with E-state index in [9.17, 15) is 14.7 Å². The largest absolute Gasteiger partial charge is 0.478 e. The van der Waals surface area contributed by atoms with Gasteiger partial charge < -0.3 is 15.8 Å². The third-order valence-electron chi connectivity index (χ3n) is 2.45. The van der Waals surface area contributed by atoms with Gasteiger partial charge in [-0.1, -0.05) is 11.8 Å². The molecule has 0 saturated heterocycles. The molecule has 104 valence electrons. The number of aromatic nitrogens is 3. The third-order valence-corrected chi connectivity index (χ3v) is 3.38. The lowest BCUT2D eigenvalue weighted by atomic mass is 10.2. The van der Waals surface area contributed by atoms with Gasteiger partial charge in [0.2, 0.25) is 0 Å². The lowest BCUT2D eigenvalue weighted by Crippen LogP contribution is -2.10. The summed E-state index contributed by atoms with van der Waals surface area (Å²) in [7, 11) is 0. The van der Waals surface area contributed by atoms with Gasteiger partial charge in [-0.25, -0.2) is 9.78 Å². The second-order valence-electron chi connectivity index (χ2n) is 4.10. The van der Waals surface area contributed by atoms with E-state index in [1.54, 1.807) is 19.9 Å². The Morgan fingerprint density at radius 3 is 2.65 bits per heavy atom. The summed E-state index contributed by atoms with van der Waals surface area (Å²) in [5.41, 5.74) is 6.29. The van der Waals surface area contributed by atoms with Crippen molar-refractivity contribution in [3.8, 4) is 0 Å². The Bertz CT molecular complexity index is 742. The molecule has 0 saturated carbocycles. The van der Waals surface area contributed by atoms with Crippen LogP contribution in [0.3, 0.4) is 0 Å². The molecule has 0 bridgehead atoms. The van der Waals surface area contributed by atoms with Crippen LogP contribution in [-0.2, 0) is 0 Å². The predicted octanol–water partition coefficient (Wildman–Crippen LogP) is 1.21. The SMILES string of the molecule is Cc1cc(Sc2nc(N)cc(=O)[nH]2)c(C(=O)O)c(C)n1. The zero-order chi connectivity index (χ0) is 14.9. The smallest absolute Gasteiger partial charge is 0.338 e. The van der Waals surface area contributed by atoms with E-state index in [-0.39, 0.29) is 22.1 Å². The molecule has 0 spiro atoms. The number of hydrogen-bond acceptors (Lipinski definition) is 6. The highest BCUT2D eigenvalue weighted by Gasteiger charge is 2.17. The first kappa shape index (κ1) is 14.1. The summed E-state index contributed by atoms with van der Waals surface area (Å²) in [6, 6.07) is 2.79. The molecule has 2 heterocycles. The van der Waals surface area contributed by atoms with Gasteiger partial charge in [-0.2, -0.15) is 0 Å². The van der Waals surface area contributed by atoms with Gasteiger partial charge in [0, 0.05) is 16.7 Å². The number of carboxylic acid groups (broad SMARTS) is 1. The molecular weight excluding hydrogens is 280 g/mol. The van der Waals surface area contributed by atoms with E-state index in [1.165, 1.54) is 0 Å². The predicted molar refractivity (Wildman–Crippen MR) is 74.1 cm³/mol. The average Bonchev–Trinajstić information content (AvgIpc) is 2.25. The van der Waals surface area contributed by atoms with Crippen LogP contribution in [0.4, 0.5) is 5.82 Å². The number of nitrogens with zero attached hydrogens (tertiary/aromatic N) is 2. The number of nitrogens with two attached hydrogens (primary N) is 1. The molecule has 2 aromatic rings. The number of carboxylic acids is 1. The topological polar surface area (TPSA) is 122 Å². The summed E-state index contributed by atoms with van der Waals surface area (Å²) in [6.07, 6.45) is 0. The molecule has 0 aliphatic carbocycles. The molecule has 20 heavy (non-hydrogen) atoms. The van der Waals surface area contributed by atoms with Crippen LogP contribution in [0.2, 0.25) is 0 Å². The van der Waals surface area contributed by atoms with E-state index < -0.39 is 5.97 Å². The summed E-state index contributed by atoms with van der Waals surface area (Å²) < 4.78 is 0.